The van der Waals surface area contributed by atoms with Crippen LogP contribution in [-0.4, -0.2) is 25.5 Å². The molecule has 1 amide bonds. The number of hydrogen-bond donors (Lipinski definition) is 2. The van der Waals surface area contributed by atoms with Crippen molar-refractivity contribution < 1.29 is 4.79 Å². The van der Waals surface area contributed by atoms with Crippen LogP contribution in [0.4, 0.5) is 11.4 Å². The van der Waals surface area contributed by atoms with Crippen LogP contribution in [0.1, 0.15) is 25.8 Å². The van der Waals surface area contributed by atoms with Crippen molar-refractivity contribution in [1.82, 2.24) is 5.32 Å². The number of benzene rings is 1. The predicted octanol–water partition coefficient (Wildman–Crippen LogP) is 1.79. The van der Waals surface area contributed by atoms with Gasteiger partial charge in [-0.2, -0.15) is 0 Å². The van der Waals surface area contributed by atoms with Gasteiger partial charge in [-0.25, -0.2) is 0 Å². The Balaban J connectivity index is 1.88. The van der Waals surface area contributed by atoms with Crippen LogP contribution in [0.5, 0.6) is 0 Å². The summed E-state index contributed by atoms with van der Waals surface area (Å²) in [5.74, 6) is 0.712. The SMILES string of the molecule is CC(C)CCNC(=O)CN1CCc2ccc(N)cc21. The summed E-state index contributed by atoms with van der Waals surface area (Å²) >= 11 is 0. The van der Waals surface area contributed by atoms with Crippen LogP contribution in [-0.2, 0) is 11.2 Å². The fraction of sp³-hybridized carbons (Fsp3) is 0.533. The predicted molar refractivity (Wildman–Crippen MR) is 79.2 cm³/mol. The van der Waals surface area contributed by atoms with Crippen molar-refractivity contribution in [3.05, 3.63) is 23.8 Å². The number of anilines is 2. The maximum Gasteiger partial charge on any atom is 0.239 e. The number of amides is 1. The van der Waals surface area contributed by atoms with Gasteiger partial charge >= 0.3 is 0 Å². The number of carbonyl (C=O) groups is 1. The summed E-state index contributed by atoms with van der Waals surface area (Å²) < 4.78 is 0. The van der Waals surface area contributed by atoms with Gasteiger partial charge < -0.3 is 16.0 Å². The summed E-state index contributed by atoms with van der Waals surface area (Å²) in [6.45, 7) is 6.40. The molecular formula is C15H23N3O. The summed E-state index contributed by atoms with van der Waals surface area (Å²) in [5.41, 5.74) is 8.96. The second kappa shape index (κ2) is 5.95. The fourth-order valence-corrected chi connectivity index (χ4v) is 2.36. The molecule has 1 aliphatic heterocycles. The zero-order chi connectivity index (χ0) is 13.8. The third-order valence-corrected chi connectivity index (χ3v) is 3.48. The molecule has 1 aliphatic rings. The lowest BCUT2D eigenvalue weighted by atomic mass is 10.1. The summed E-state index contributed by atoms with van der Waals surface area (Å²) in [7, 11) is 0. The minimum atomic E-state index is 0.0934. The van der Waals surface area contributed by atoms with E-state index < -0.39 is 0 Å². The van der Waals surface area contributed by atoms with Gasteiger partial charge in [-0.1, -0.05) is 19.9 Å². The first-order chi connectivity index (χ1) is 9.06. The normalized spacial score (nSPS) is 13.7. The zero-order valence-corrected chi connectivity index (χ0v) is 11.8. The monoisotopic (exact) mass is 261 g/mol. The zero-order valence-electron chi connectivity index (χ0n) is 11.8. The molecule has 4 heteroatoms. The molecule has 0 fully saturated rings. The molecule has 0 aromatic heterocycles. The van der Waals surface area contributed by atoms with Gasteiger partial charge in [-0.3, -0.25) is 4.79 Å². The van der Waals surface area contributed by atoms with E-state index in [0.29, 0.717) is 12.5 Å². The molecule has 19 heavy (non-hydrogen) atoms. The molecule has 3 N–H and O–H groups in total. The molecule has 2 rings (SSSR count). The number of nitrogens with zero attached hydrogens (tertiary/aromatic N) is 1. The van der Waals surface area contributed by atoms with Crippen molar-refractivity contribution in [2.45, 2.75) is 26.7 Å². The van der Waals surface area contributed by atoms with Gasteiger partial charge in [0.25, 0.3) is 0 Å². The van der Waals surface area contributed by atoms with Crippen LogP contribution in [0, 0.1) is 5.92 Å². The maximum absolute atomic E-state index is 11.9. The van der Waals surface area contributed by atoms with Crippen molar-refractivity contribution in [2.24, 2.45) is 5.92 Å². The van der Waals surface area contributed by atoms with E-state index >= 15 is 0 Å². The number of rotatable bonds is 5. The molecule has 1 aromatic rings. The number of hydrogen-bond acceptors (Lipinski definition) is 3. The highest BCUT2D eigenvalue weighted by atomic mass is 16.2. The summed E-state index contributed by atoms with van der Waals surface area (Å²) in [6, 6.07) is 5.94. The Bertz CT molecular complexity index is 457. The van der Waals surface area contributed by atoms with Crippen molar-refractivity contribution in [2.75, 3.05) is 30.3 Å². The summed E-state index contributed by atoms with van der Waals surface area (Å²) in [5, 5.41) is 2.97. The molecule has 104 valence electrons. The third-order valence-electron chi connectivity index (χ3n) is 3.48. The van der Waals surface area contributed by atoms with Crippen LogP contribution < -0.4 is 16.0 Å². The van der Waals surface area contributed by atoms with Crippen LogP contribution in [0.2, 0.25) is 0 Å². The van der Waals surface area contributed by atoms with Crippen LogP contribution in [0.25, 0.3) is 0 Å². The molecule has 0 unspecified atom stereocenters. The van der Waals surface area contributed by atoms with E-state index in [1.807, 2.05) is 12.1 Å². The van der Waals surface area contributed by atoms with E-state index in [9.17, 15) is 4.79 Å². The highest BCUT2D eigenvalue weighted by molar-refractivity contribution is 5.82. The van der Waals surface area contributed by atoms with E-state index in [0.717, 1.165) is 37.3 Å². The van der Waals surface area contributed by atoms with Gasteiger partial charge in [-0.05, 0) is 36.5 Å². The Labute approximate surface area is 115 Å². The van der Waals surface area contributed by atoms with E-state index in [-0.39, 0.29) is 5.91 Å². The summed E-state index contributed by atoms with van der Waals surface area (Å²) in [4.78, 5) is 14.0. The van der Waals surface area contributed by atoms with Crippen molar-refractivity contribution in [3.8, 4) is 0 Å². The van der Waals surface area contributed by atoms with Crippen LogP contribution >= 0.6 is 0 Å². The second-order valence-electron chi connectivity index (χ2n) is 5.59. The molecule has 0 atom stereocenters. The van der Waals surface area contributed by atoms with Gasteiger partial charge in [0.05, 0.1) is 6.54 Å². The van der Waals surface area contributed by atoms with Crippen molar-refractivity contribution >= 4 is 17.3 Å². The Morgan fingerprint density at radius 3 is 3.00 bits per heavy atom. The van der Waals surface area contributed by atoms with Gasteiger partial charge in [0.2, 0.25) is 5.91 Å². The van der Waals surface area contributed by atoms with Gasteiger partial charge in [0.1, 0.15) is 0 Å². The molecule has 0 radical (unpaired) electrons. The molecule has 1 heterocycles. The van der Waals surface area contributed by atoms with E-state index in [1.54, 1.807) is 0 Å². The molecule has 0 bridgehead atoms. The third kappa shape index (κ3) is 3.63. The molecular weight excluding hydrogens is 238 g/mol. The van der Waals surface area contributed by atoms with E-state index in [4.69, 9.17) is 5.73 Å². The summed E-state index contributed by atoms with van der Waals surface area (Å²) in [6.07, 6.45) is 2.02. The number of fused-ring (bicyclic) bond motifs is 1. The lowest BCUT2D eigenvalue weighted by Gasteiger charge is -2.19. The average Bonchev–Trinajstić information content (AvgIpc) is 2.71. The molecule has 0 spiro atoms. The van der Waals surface area contributed by atoms with E-state index in [1.165, 1.54) is 5.56 Å². The van der Waals surface area contributed by atoms with E-state index in [2.05, 4.69) is 30.1 Å². The average molecular weight is 261 g/mol. The van der Waals surface area contributed by atoms with Crippen molar-refractivity contribution in [3.63, 3.8) is 0 Å². The Kier molecular flexibility index (Phi) is 4.30. The highest BCUT2D eigenvalue weighted by Gasteiger charge is 2.20. The number of nitrogens with two attached hydrogens (primary N) is 1. The van der Waals surface area contributed by atoms with Gasteiger partial charge in [0.15, 0.2) is 0 Å². The number of carbonyl (C=O) groups excluding carboxylic acids is 1. The fourth-order valence-electron chi connectivity index (χ4n) is 2.36. The molecule has 0 aliphatic carbocycles. The lowest BCUT2D eigenvalue weighted by molar-refractivity contribution is -0.119. The standard InChI is InChI=1S/C15H23N3O/c1-11(2)5-7-17-15(19)10-18-8-6-12-3-4-13(16)9-14(12)18/h3-4,9,11H,5-8,10,16H2,1-2H3,(H,17,19). The minimum Gasteiger partial charge on any atom is -0.399 e. The quantitative estimate of drug-likeness (QED) is 0.795. The topological polar surface area (TPSA) is 58.4 Å². The largest absolute Gasteiger partial charge is 0.399 e. The smallest absolute Gasteiger partial charge is 0.239 e. The Hall–Kier alpha value is -1.71. The second-order valence-corrected chi connectivity index (χ2v) is 5.59. The number of nitrogens with one attached hydrogen (secondary N) is 1. The van der Waals surface area contributed by atoms with Crippen LogP contribution in [0.15, 0.2) is 18.2 Å². The Morgan fingerprint density at radius 1 is 1.47 bits per heavy atom. The first kappa shape index (κ1) is 13.7. The number of nitrogen functional groups attached to an aromatic ring is 1. The molecule has 0 saturated carbocycles. The first-order valence-corrected chi connectivity index (χ1v) is 6.96. The lowest BCUT2D eigenvalue weighted by Crippen LogP contribution is -2.37. The molecule has 4 nitrogen and oxygen atoms in total. The van der Waals surface area contributed by atoms with Crippen molar-refractivity contribution in [1.29, 1.82) is 0 Å². The van der Waals surface area contributed by atoms with Gasteiger partial charge in [0, 0.05) is 24.5 Å². The Morgan fingerprint density at radius 2 is 2.26 bits per heavy atom. The first-order valence-electron chi connectivity index (χ1n) is 6.96. The maximum atomic E-state index is 11.9. The molecule has 0 saturated heterocycles. The molecule has 1 aromatic carbocycles. The van der Waals surface area contributed by atoms with Gasteiger partial charge in [-0.15, -0.1) is 0 Å². The highest BCUT2D eigenvalue weighted by Crippen LogP contribution is 2.29. The van der Waals surface area contributed by atoms with Crippen LogP contribution in [0.3, 0.4) is 0 Å². The minimum absolute atomic E-state index is 0.0934.